The van der Waals surface area contributed by atoms with Gasteiger partial charge in [-0.2, -0.15) is 0 Å². The molecule has 0 unspecified atom stereocenters. The standard InChI is InChI=1S/C15H24S/c1-3-5-6-7-8-13-16-15-11-9-14(4-2)10-12-15/h9-12H,3-8,13H2,1-2H3. The quantitative estimate of drug-likeness (QED) is 0.435. The van der Waals surface area contributed by atoms with Gasteiger partial charge < -0.3 is 0 Å². The van der Waals surface area contributed by atoms with Gasteiger partial charge in [0, 0.05) is 4.90 Å². The van der Waals surface area contributed by atoms with Crippen molar-refractivity contribution in [3.8, 4) is 0 Å². The minimum Gasteiger partial charge on any atom is -0.126 e. The van der Waals surface area contributed by atoms with Crippen molar-refractivity contribution in [2.24, 2.45) is 0 Å². The molecule has 0 nitrogen and oxygen atoms in total. The van der Waals surface area contributed by atoms with Gasteiger partial charge in [0.05, 0.1) is 0 Å². The summed E-state index contributed by atoms with van der Waals surface area (Å²) in [6, 6.07) is 9.02. The molecule has 1 aromatic rings. The normalized spacial score (nSPS) is 10.6. The van der Waals surface area contributed by atoms with E-state index in [-0.39, 0.29) is 0 Å². The second-order valence-electron chi connectivity index (χ2n) is 4.26. The Balaban J connectivity index is 2.12. The molecular weight excluding hydrogens is 212 g/mol. The smallest absolute Gasteiger partial charge is 0.00721 e. The van der Waals surface area contributed by atoms with E-state index < -0.39 is 0 Å². The van der Waals surface area contributed by atoms with Crippen LogP contribution >= 0.6 is 11.8 Å². The van der Waals surface area contributed by atoms with Crippen LogP contribution < -0.4 is 0 Å². The first-order valence-electron chi connectivity index (χ1n) is 6.58. The second-order valence-corrected chi connectivity index (χ2v) is 5.43. The first-order valence-corrected chi connectivity index (χ1v) is 7.57. The van der Waals surface area contributed by atoms with E-state index >= 15 is 0 Å². The number of thioether (sulfide) groups is 1. The van der Waals surface area contributed by atoms with E-state index in [4.69, 9.17) is 0 Å². The Hall–Kier alpha value is -0.430. The fourth-order valence-corrected chi connectivity index (χ4v) is 2.63. The maximum Gasteiger partial charge on any atom is 0.00721 e. The van der Waals surface area contributed by atoms with E-state index in [0.29, 0.717) is 0 Å². The van der Waals surface area contributed by atoms with Crippen molar-refractivity contribution in [2.45, 2.75) is 57.3 Å². The van der Waals surface area contributed by atoms with Gasteiger partial charge >= 0.3 is 0 Å². The van der Waals surface area contributed by atoms with Crippen LogP contribution in [0.5, 0.6) is 0 Å². The Kier molecular flexibility index (Phi) is 7.41. The molecule has 0 heterocycles. The number of benzene rings is 1. The number of aryl methyl sites for hydroxylation is 1. The molecule has 0 radical (unpaired) electrons. The molecule has 0 atom stereocenters. The van der Waals surface area contributed by atoms with Crippen molar-refractivity contribution in [3.63, 3.8) is 0 Å². The highest BCUT2D eigenvalue weighted by Crippen LogP contribution is 2.20. The van der Waals surface area contributed by atoms with Crippen LogP contribution in [-0.4, -0.2) is 5.75 Å². The van der Waals surface area contributed by atoms with E-state index in [1.807, 2.05) is 11.8 Å². The Morgan fingerprint density at radius 3 is 2.19 bits per heavy atom. The second kappa shape index (κ2) is 8.69. The molecule has 90 valence electrons. The third kappa shape index (κ3) is 5.60. The summed E-state index contributed by atoms with van der Waals surface area (Å²) < 4.78 is 0. The summed E-state index contributed by atoms with van der Waals surface area (Å²) in [7, 11) is 0. The van der Waals surface area contributed by atoms with Crippen molar-refractivity contribution in [1.82, 2.24) is 0 Å². The lowest BCUT2D eigenvalue weighted by molar-refractivity contribution is 0.659. The molecule has 1 heteroatoms. The summed E-state index contributed by atoms with van der Waals surface area (Å²) in [6.45, 7) is 4.47. The number of unbranched alkanes of at least 4 members (excludes halogenated alkanes) is 4. The minimum atomic E-state index is 1.14. The highest BCUT2D eigenvalue weighted by Gasteiger charge is 1.95. The van der Waals surface area contributed by atoms with E-state index in [1.54, 1.807) is 0 Å². The van der Waals surface area contributed by atoms with Crippen LogP contribution in [0.25, 0.3) is 0 Å². The summed E-state index contributed by atoms with van der Waals surface area (Å²) in [6.07, 6.45) is 8.05. The molecule has 0 bridgehead atoms. The van der Waals surface area contributed by atoms with Gasteiger partial charge in [0.2, 0.25) is 0 Å². The van der Waals surface area contributed by atoms with Crippen LogP contribution in [0, 0.1) is 0 Å². The lowest BCUT2D eigenvalue weighted by atomic mass is 10.2. The van der Waals surface area contributed by atoms with Gasteiger partial charge in [-0.05, 0) is 36.3 Å². The van der Waals surface area contributed by atoms with Crippen LogP contribution in [0.2, 0.25) is 0 Å². The number of hydrogen-bond acceptors (Lipinski definition) is 1. The molecule has 0 aromatic heterocycles. The third-order valence-electron chi connectivity index (χ3n) is 2.85. The van der Waals surface area contributed by atoms with Crippen molar-refractivity contribution in [1.29, 1.82) is 0 Å². The zero-order chi connectivity index (χ0) is 11.6. The zero-order valence-electron chi connectivity index (χ0n) is 10.7. The Morgan fingerprint density at radius 2 is 1.56 bits per heavy atom. The average Bonchev–Trinajstić information content (AvgIpc) is 2.34. The molecular formula is C15H24S. The van der Waals surface area contributed by atoms with Crippen LogP contribution in [0.15, 0.2) is 29.2 Å². The topological polar surface area (TPSA) is 0 Å². The van der Waals surface area contributed by atoms with Gasteiger partial charge in [-0.3, -0.25) is 0 Å². The molecule has 16 heavy (non-hydrogen) atoms. The van der Waals surface area contributed by atoms with Crippen molar-refractivity contribution in [3.05, 3.63) is 29.8 Å². The Bertz CT molecular complexity index is 263. The SMILES string of the molecule is CCCCCCCSc1ccc(CC)cc1. The van der Waals surface area contributed by atoms with Gasteiger partial charge in [-0.25, -0.2) is 0 Å². The maximum atomic E-state index is 2.27. The zero-order valence-corrected chi connectivity index (χ0v) is 11.5. The highest BCUT2D eigenvalue weighted by atomic mass is 32.2. The lowest BCUT2D eigenvalue weighted by Crippen LogP contribution is -1.83. The fraction of sp³-hybridized carbons (Fsp3) is 0.600. The molecule has 1 rings (SSSR count). The van der Waals surface area contributed by atoms with E-state index in [2.05, 4.69) is 38.1 Å². The average molecular weight is 236 g/mol. The van der Waals surface area contributed by atoms with E-state index in [9.17, 15) is 0 Å². The van der Waals surface area contributed by atoms with E-state index in [0.717, 1.165) is 6.42 Å². The summed E-state index contributed by atoms with van der Waals surface area (Å²) in [5.74, 6) is 1.27. The summed E-state index contributed by atoms with van der Waals surface area (Å²) in [4.78, 5) is 1.42. The maximum absolute atomic E-state index is 2.27. The molecule has 0 amide bonds. The minimum absolute atomic E-state index is 1.14. The first kappa shape index (κ1) is 13.6. The molecule has 0 spiro atoms. The van der Waals surface area contributed by atoms with Crippen LogP contribution in [0.1, 0.15) is 51.5 Å². The van der Waals surface area contributed by atoms with Gasteiger partial charge in [-0.1, -0.05) is 51.7 Å². The Morgan fingerprint density at radius 1 is 0.875 bits per heavy atom. The van der Waals surface area contributed by atoms with Gasteiger partial charge in [-0.15, -0.1) is 11.8 Å². The van der Waals surface area contributed by atoms with Crippen LogP contribution in [0.4, 0.5) is 0 Å². The molecule has 1 aromatic carbocycles. The number of rotatable bonds is 8. The van der Waals surface area contributed by atoms with E-state index in [1.165, 1.54) is 48.3 Å². The van der Waals surface area contributed by atoms with Crippen LogP contribution in [-0.2, 0) is 6.42 Å². The molecule has 0 saturated heterocycles. The lowest BCUT2D eigenvalue weighted by Gasteiger charge is -2.03. The van der Waals surface area contributed by atoms with Gasteiger partial charge in [0.1, 0.15) is 0 Å². The number of hydrogen-bond donors (Lipinski definition) is 0. The van der Waals surface area contributed by atoms with Crippen molar-refractivity contribution in [2.75, 3.05) is 5.75 Å². The van der Waals surface area contributed by atoms with Gasteiger partial charge in [0.25, 0.3) is 0 Å². The van der Waals surface area contributed by atoms with Crippen molar-refractivity contribution >= 4 is 11.8 Å². The molecule has 0 saturated carbocycles. The first-order chi connectivity index (χ1) is 7.86. The summed E-state index contributed by atoms with van der Waals surface area (Å²) in [5.41, 5.74) is 1.44. The molecule has 0 aliphatic heterocycles. The Labute approximate surface area is 105 Å². The molecule has 0 fully saturated rings. The monoisotopic (exact) mass is 236 g/mol. The summed E-state index contributed by atoms with van der Waals surface area (Å²) in [5, 5.41) is 0. The van der Waals surface area contributed by atoms with Crippen LogP contribution in [0.3, 0.4) is 0 Å². The molecule has 0 N–H and O–H groups in total. The third-order valence-corrected chi connectivity index (χ3v) is 3.95. The largest absolute Gasteiger partial charge is 0.126 e. The van der Waals surface area contributed by atoms with Crippen molar-refractivity contribution < 1.29 is 0 Å². The highest BCUT2D eigenvalue weighted by molar-refractivity contribution is 7.99. The predicted molar refractivity (Wildman–Crippen MR) is 75.3 cm³/mol. The predicted octanol–water partition coefficient (Wildman–Crippen LogP) is 5.31. The fourth-order valence-electron chi connectivity index (χ4n) is 1.72. The molecule has 0 aliphatic rings. The molecule has 0 aliphatic carbocycles. The van der Waals surface area contributed by atoms with Gasteiger partial charge in [0.15, 0.2) is 0 Å². The summed E-state index contributed by atoms with van der Waals surface area (Å²) >= 11 is 2.00.